The first-order chi connectivity index (χ1) is 10.8. The maximum atomic E-state index is 5.45. The summed E-state index contributed by atoms with van der Waals surface area (Å²) in [5.74, 6) is 2.49. The highest BCUT2D eigenvalue weighted by Gasteiger charge is 2.16. The molecule has 0 radical (unpaired) electrons. The van der Waals surface area contributed by atoms with Crippen LogP contribution in [0, 0.1) is 0 Å². The van der Waals surface area contributed by atoms with E-state index in [-0.39, 0.29) is 6.79 Å². The molecule has 108 valence electrons. The molecular weight excluding hydrogens is 278 g/mol. The van der Waals surface area contributed by atoms with E-state index in [1.54, 1.807) is 0 Å². The number of aromatic nitrogens is 3. The topological polar surface area (TPSA) is 40.7 Å². The Labute approximate surface area is 126 Å². The first-order valence-electron chi connectivity index (χ1n) is 7.14. The van der Waals surface area contributed by atoms with E-state index in [9.17, 15) is 0 Å². The Kier molecular flexibility index (Phi) is 2.14. The maximum absolute atomic E-state index is 5.45. The third kappa shape index (κ3) is 1.45. The first-order valence-corrected chi connectivity index (χ1v) is 7.14. The van der Waals surface area contributed by atoms with Gasteiger partial charge in [0.15, 0.2) is 11.5 Å². The molecule has 0 fully saturated rings. The van der Waals surface area contributed by atoms with Gasteiger partial charge in [0.2, 0.25) is 12.6 Å². The van der Waals surface area contributed by atoms with Crippen LogP contribution in [0.3, 0.4) is 0 Å². The smallest absolute Gasteiger partial charge is 0.231 e. The number of para-hydroxylation sites is 2. The van der Waals surface area contributed by atoms with Crippen molar-refractivity contribution in [3.63, 3.8) is 0 Å². The zero-order valence-corrected chi connectivity index (χ0v) is 12.0. The molecule has 0 saturated heterocycles. The molecule has 0 aliphatic carbocycles. The molecule has 0 bridgehead atoms. The van der Waals surface area contributed by atoms with Crippen LogP contribution in [-0.2, 0) is 7.05 Å². The molecule has 0 N–H and O–H groups in total. The second kappa shape index (κ2) is 4.04. The highest BCUT2D eigenvalue weighted by molar-refractivity contribution is 5.82. The summed E-state index contributed by atoms with van der Waals surface area (Å²) in [6.07, 6.45) is 2.06. The van der Waals surface area contributed by atoms with Crippen LogP contribution in [0.4, 0.5) is 0 Å². The summed E-state index contributed by atoms with van der Waals surface area (Å²) < 4.78 is 15.0. The van der Waals surface area contributed by atoms with E-state index in [1.165, 1.54) is 5.52 Å². The monoisotopic (exact) mass is 291 g/mol. The lowest BCUT2D eigenvalue weighted by Crippen LogP contribution is -1.92. The number of hydrogen-bond acceptors (Lipinski definition) is 3. The largest absolute Gasteiger partial charge is 0.454 e. The van der Waals surface area contributed by atoms with Gasteiger partial charge in [0, 0.05) is 18.8 Å². The van der Waals surface area contributed by atoms with Gasteiger partial charge in [-0.05, 0) is 30.3 Å². The molecule has 5 rings (SSSR count). The van der Waals surface area contributed by atoms with Gasteiger partial charge in [0.1, 0.15) is 0 Å². The van der Waals surface area contributed by atoms with Crippen molar-refractivity contribution in [2.75, 3.05) is 6.79 Å². The van der Waals surface area contributed by atoms with E-state index in [2.05, 4.69) is 27.3 Å². The fourth-order valence-electron chi connectivity index (χ4n) is 3.04. The average molecular weight is 291 g/mol. The SMILES string of the molecule is Cn1c2ccccc2n2cc(-c3ccc4c(c3)OCO4)nc12. The lowest BCUT2D eigenvalue weighted by atomic mass is 10.1. The molecule has 4 aromatic rings. The Balaban J connectivity index is 1.74. The minimum absolute atomic E-state index is 0.286. The predicted molar refractivity (Wildman–Crippen MR) is 83.2 cm³/mol. The number of fused-ring (bicyclic) bond motifs is 4. The number of imidazole rings is 2. The summed E-state index contributed by atoms with van der Waals surface area (Å²) in [4.78, 5) is 4.77. The average Bonchev–Trinajstić information content (AvgIpc) is 3.24. The molecule has 2 aromatic heterocycles. The molecule has 0 atom stereocenters. The Hall–Kier alpha value is -2.95. The minimum Gasteiger partial charge on any atom is -0.454 e. The molecule has 0 saturated carbocycles. The van der Waals surface area contributed by atoms with E-state index in [0.717, 1.165) is 34.1 Å². The van der Waals surface area contributed by atoms with Crippen LogP contribution in [0.1, 0.15) is 0 Å². The van der Waals surface area contributed by atoms with Crippen LogP contribution >= 0.6 is 0 Å². The van der Waals surface area contributed by atoms with Crippen LogP contribution in [0.25, 0.3) is 28.1 Å². The Bertz CT molecular complexity index is 1030. The first kappa shape index (κ1) is 11.7. The third-order valence-corrected chi connectivity index (χ3v) is 4.16. The zero-order valence-electron chi connectivity index (χ0n) is 12.0. The number of nitrogens with zero attached hydrogens (tertiary/aromatic N) is 3. The van der Waals surface area contributed by atoms with Gasteiger partial charge in [0.25, 0.3) is 0 Å². The van der Waals surface area contributed by atoms with Crippen molar-refractivity contribution in [2.24, 2.45) is 7.05 Å². The molecule has 3 heterocycles. The van der Waals surface area contributed by atoms with Gasteiger partial charge in [-0.3, -0.25) is 4.40 Å². The number of rotatable bonds is 1. The van der Waals surface area contributed by atoms with Crippen LogP contribution in [0.15, 0.2) is 48.7 Å². The van der Waals surface area contributed by atoms with E-state index in [0.29, 0.717) is 0 Å². The Morgan fingerprint density at radius 2 is 1.82 bits per heavy atom. The summed E-state index contributed by atoms with van der Waals surface area (Å²) in [5, 5.41) is 0. The predicted octanol–water partition coefficient (Wildman–Crippen LogP) is 3.22. The van der Waals surface area contributed by atoms with Crippen molar-refractivity contribution in [1.29, 1.82) is 0 Å². The second-order valence-corrected chi connectivity index (χ2v) is 5.41. The summed E-state index contributed by atoms with van der Waals surface area (Å²) in [7, 11) is 2.04. The third-order valence-electron chi connectivity index (χ3n) is 4.16. The molecule has 0 amide bonds. The molecule has 0 spiro atoms. The Morgan fingerprint density at radius 1 is 1.00 bits per heavy atom. The van der Waals surface area contributed by atoms with E-state index >= 15 is 0 Å². The van der Waals surface area contributed by atoms with Crippen LogP contribution in [0.5, 0.6) is 11.5 Å². The lowest BCUT2D eigenvalue weighted by Gasteiger charge is -2.00. The summed E-state index contributed by atoms with van der Waals surface area (Å²) in [6.45, 7) is 0.286. The van der Waals surface area contributed by atoms with Crippen molar-refractivity contribution in [3.8, 4) is 22.8 Å². The van der Waals surface area contributed by atoms with Crippen molar-refractivity contribution in [1.82, 2.24) is 14.0 Å². The standard InChI is InChI=1S/C17H13N3O2/c1-19-13-4-2-3-5-14(13)20-9-12(18-17(19)20)11-6-7-15-16(8-11)22-10-21-15/h2-9H,10H2,1H3. The summed E-state index contributed by atoms with van der Waals surface area (Å²) >= 11 is 0. The fourth-order valence-corrected chi connectivity index (χ4v) is 3.04. The molecular formula is C17H13N3O2. The van der Waals surface area contributed by atoms with Crippen molar-refractivity contribution in [3.05, 3.63) is 48.7 Å². The number of hydrogen-bond donors (Lipinski definition) is 0. The molecule has 5 nitrogen and oxygen atoms in total. The van der Waals surface area contributed by atoms with Crippen molar-refractivity contribution < 1.29 is 9.47 Å². The number of aryl methyl sites for hydroxylation is 1. The normalized spacial score (nSPS) is 13.3. The molecule has 1 aliphatic heterocycles. The molecule has 2 aromatic carbocycles. The van der Waals surface area contributed by atoms with Crippen LogP contribution < -0.4 is 9.47 Å². The number of benzene rings is 2. The maximum Gasteiger partial charge on any atom is 0.231 e. The lowest BCUT2D eigenvalue weighted by molar-refractivity contribution is 0.174. The Morgan fingerprint density at radius 3 is 2.73 bits per heavy atom. The van der Waals surface area contributed by atoms with E-state index in [4.69, 9.17) is 14.5 Å². The summed E-state index contributed by atoms with van der Waals surface area (Å²) in [6, 6.07) is 14.2. The van der Waals surface area contributed by atoms with Crippen LogP contribution in [0.2, 0.25) is 0 Å². The molecule has 1 aliphatic rings. The van der Waals surface area contributed by atoms with E-state index < -0.39 is 0 Å². The number of ether oxygens (including phenoxy) is 2. The summed E-state index contributed by atoms with van der Waals surface area (Å²) in [5.41, 5.74) is 4.27. The highest BCUT2D eigenvalue weighted by atomic mass is 16.7. The van der Waals surface area contributed by atoms with Gasteiger partial charge in [-0.2, -0.15) is 0 Å². The van der Waals surface area contributed by atoms with Gasteiger partial charge in [0.05, 0.1) is 16.7 Å². The quantitative estimate of drug-likeness (QED) is 0.540. The second-order valence-electron chi connectivity index (χ2n) is 5.41. The van der Waals surface area contributed by atoms with Crippen molar-refractivity contribution >= 4 is 16.8 Å². The molecule has 22 heavy (non-hydrogen) atoms. The minimum atomic E-state index is 0.286. The zero-order chi connectivity index (χ0) is 14.7. The van der Waals surface area contributed by atoms with Crippen molar-refractivity contribution in [2.45, 2.75) is 0 Å². The van der Waals surface area contributed by atoms with Gasteiger partial charge >= 0.3 is 0 Å². The van der Waals surface area contributed by atoms with Gasteiger partial charge in [-0.15, -0.1) is 0 Å². The van der Waals surface area contributed by atoms with Gasteiger partial charge in [-0.25, -0.2) is 4.98 Å². The molecule has 0 unspecified atom stereocenters. The van der Waals surface area contributed by atoms with Gasteiger partial charge < -0.3 is 14.0 Å². The van der Waals surface area contributed by atoms with E-state index in [1.807, 2.05) is 37.4 Å². The highest BCUT2D eigenvalue weighted by Crippen LogP contribution is 2.36. The molecule has 5 heteroatoms. The van der Waals surface area contributed by atoms with Crippen LogP contribution in [-0.4, -0.2) is 20.7 Å². The fraction of sp³-hybridized carbons (Fsp3) is 0.118. The van der Waals surface area contributed by atoms with Gasteiger partial charge in [-0.1, -0.05) is 12.1 Å².